The first-order valence-corrected chi connectivity index (χ1v) is 27.9. The molecule has 70 heavy (non-hydrogen) atoms. The summed E-state index contributed by atoms with van der Waals surface area (Å²) in [6, 6.07) is 23.8. The maximum absolute atomic E-state index is 13.3. The molecule has 2 fully saturated rings. The molecule has 342 valence electrons. The van der Waals surface area contributed by atoms with Crippen LogP contribution in [-0.2, 0) is 37.6 Å². The van der Waals surface area contributed by atoms with Gasteiger partial charge in [0.2, 0.25) is 0 Å². The molecule has 5 aromatic carbocycles. The molecule has 13 aliphatic carbocycles. The lowest BCUT2D eigenvalue weighted by Gasteiger charge is -2.57. The number of hydrogen-bond donors (Lipinski definition) is 0. The number of benzene rings is 5. The molecule has 0 N–H and O–H groups in total. The molecule has 2 saturated carbocycles. The summed E-state index contributed by atoms with van der Waals surface area (Å²) < 4.78 is 17.3. The highest BCUT2D eigenvalue weighted by atomic mass is 32.1. The van der Waals surface area contributed by atoms with Crippen LogP contribution in [0, 0.1) is 17.3 Å². The van der Waals surface area contributed by atoms with Crippen LogP contribution in [0.25, 0.3) is 49.7 Å². The number of esters is 1. The van der Waals surface area contributed by atoms with E-state index in [0.717, 1.165) is 30.8 Å². The Balaban J connectivity index is 1.02. The van der Waals surface area contributed by atoms with E-state index in [2.05, 4.69) is 78.2 Å². The van der Waals surface area contributed by atoms with Crippen molar-refractivity contribution >= 4 is 44.8 Å². The van der Waals surface area contributed by atoms with Crippen LogP contribution in [0.15, 0.2) is 83.8 Å². The lowest BCUT2D eigenvalue weighted by Crippen LogP contribution is -2.52. The molecule has 19 rings (SSSR count). The van der Waals surface area contributed by atoms with Gasteiger partial charge in [-0.2, -0.15) is 0 Å². The van der Waals surface area contributed by atoms with Crippen molar-refractivity contribution in [2.24, 2.45) is 17.3 Å². The van der Waals surface area contributed by atoms with Gasteiger partial charge in [0.1, 0.15) is 11.5 Å². The quantitative estimate of drug-likeness (QED) is 0.135. The summed E-state index contributed by atoms with van der Waals surface area (Å²) in [5.41, 5.74) is 33.8. The molecule has 3 spiro atoms. The summed E-state index contributed by atoms with van der Waals surface area (Å²) in [6.45, 7) is 0. The van der Waals surface area contributed by atoms with E-state index >= 15 is 0 Å². The fourth-order valence-electron chi connectivity index (χ4n) is 22.9. The van der Waals surface area contributed by atoms with Gasteiger partial charge in [-0.3, -0.25) is 4.79 Å². The van der Waals surface area contributed by atoms with Gasteiger partial charge in [-0.1, -0.05) is 48.1 Å². The molecule has 13 aliphatic rings. The normalized spacial score (nSPS) is 35.2. The van der Waals surface area contributed by atoms with Crippen molar-refractivity contribution in [2.75, 3.05) is 21.3 Å². The predicted molar refractivity (Wildman–Crippen MR) is 274 cm³/mol. The first-order chi connectivity index (χ1) is 34.5. The maximum atomic E-state index is 13.3. The number of fused-ring (bicyclic) bond motifs is 9. The maximum Gasteiger partial charge on any atom is 0.305 e. The van der Waals surface area contributed by atoms with Crippen LogP contribution >= 0.6 is 11.3 Å². The zero-order valence-electron chi connectivity index (χ0n) is 40.0. The summed E-state index contributed by atoms with van der Waals surface area (Å²) in [6.07, 6.45) is 19.2. The number of allylic oxidation sites excluding steroid dienone is 6. The van der Waals surface area contributed by atoms with E-state index in [4.69, 9.17) is 14.2 Å². The van der Waals surface area contributed by atoms with Crippen molar-refractivity contribution < 1.29 is 19.0 Å². The molecule has 0 bridgehead atoms. The number of carbonyl (C=O) groups excluding carboxylic acids is 1. The molecule has 10 unspecified atom stereocenters. The molecule has 0 saturated heterocycles. The van der Waals surface area contributed by atoms with Gasteiger partial charge in [-0.05, 0) is 258 Å². The number of hydrogen-bond acceptors (Lipinski definition) is 5. The molecular formula is C65H52O4S. The lowest BCUT2D eigenvalue weighted by atomic mass is 9.45. The minimum absolute atomic E-state index is 0.0129. The van der Waals surface area contributed by atoms with Crippen LogP contribution in [0.5, 0.6) is 11.5 Å². The highest BCUT2D eigenvalue weighted by molar-refractivity contribution is 7.10. The zero-order valence-corrected chi connectivity index (χ0v) is 40.8. The SMILES string of the molecule is COC(=O)CCCC1(c2cccs2)C23C4=C5CCC6C7=CCC8c9c%10c%11c%12c(c2c5c6c%12c97)-c2c-%11c5c6c7c2C13C(CC4)C7CCC6C1(C5)CC8C%10=CC1(c1ccc(OC)cc1)c1ccc(OC)cc1. The first-order valence-electron chi connectivity index (χ1n) is 27.0. The van der Waals surface area contributed by atoms with Crippen molar-refractivity contribution in [3.63, 3.8) is 0 Å². The highest BCUT2D eigenvalue weighted by Crippen LogP contribution is 2.98. The highest BCUT2D eigenvalue weighted by Gasteiger charge is 2.97. The van der Waals surface area contributed by atoms with Gasteiger partial charge in [0.05, 0.1) is 21.3 Å². The van der Waals surface area contributed by atoms with Crippen molar-refractivity contribution in [1.29, 1.82) is 0 Å². The Labute approximate surface area is 411 Å². The number of thiophene rings is 1. The van der Waals surface area contributed by atoms with Crippen LogP contribution in [-0.4, -0.2) is 27.3 Å². The molecule has 0 aliphatic heterocycles. The van der Waals surface area contributed by atoms with E-state index < -0.39 is 0 Å². The van der Waals surface area contributed by atoms with Gasteiger partial charge in [-0.15, -0.1) is 11.3 Å². The number of ether oxygens (including phenoxy) is 3. The van der Waals surface area contributed by atoms with Crippen LogP contribution in [0.4, 0.5) is 0 Å². The van der Waals surface area contributed by atoms with Gasteiger partial charge in [0.25, 0.3) is 0 Å². The minimum Gasteiger partial charge on any atom is -0.497 e. The molecule has 1 aromatic heterocycles. The number of carbonyl (C=O) groups is 1. The summed E-state index contributed by atoms with van der Waals surface area (Å²) in [5, 5.41) is 5.78. The largest absolute Gasteiger partial charge is 0.497 e. The van der Waals surface area contributed by atoms with Crippen LogP contribution in [0.1, 0.15) is 166 Å². The average molecular weight is 929 g/mol. The Morgan fingerprint density at radius 1 is 0.714 bits per heavy atom. The second-order valence-electron chi connectivity index (χ2n) is 24.6. The van der Waals surface area contributed by atoms with E-state index in [1.54, 1.807) is 95.1 Å². The van der Waals surface area contributed by atoms with E-state index in [0.29, 0.717) is 41.9 Å². The van der Waals surface area contributed by atoms with E-state index in [1.165, 1.54) is 62.5 Å². The average Bonchev–Trinajstić information content (AvgIpc) is 4.37. The number of methoxy groups -OCH3 is 3. The van der Waals surface area contributed by atoms with Gasteiger partial charge >= 0.3 is 5.97 Å². The molecule has 1 heterocycles. The van der Waals surface area contributed by atoms with Gasteiger partial charge in [-0.25, -0.2) is 0 Å². The molecule has 10 atom stereocenters. The smallest absolute Gasteiger partial charge is 0.305 e. The van der Waals surface area contributed by atoms with Gasteiger partial charge in [0.15, 0.2) is 0 Å². The Bertz CT molecular complexity index is 3760. The van der Waals surface area contributed by atoms with Crippen molar-refractivity contribution in [3.8, 4) is 33.8 Å². The van der Waals surface area contributed by atoms with Crippen LogP contribution in [0.2, 0.25) is 0 Å². The van der Waals surface area contributed by atoms with E-state index in [-0.39, 0.29) is 33.0 Å². The fraction of sp³-hybridized carbons (Fsp3) is 0.400. The Morgan fingerprint density at radius 3 is 2.29 bits per heavy atom. The van der Waals surface area contributed by atoms with Crippen molar-refractivity contribution in [1.82, 2.24) is 0 Å². The topological polar surface area (TPSA) is 44.8 Å². The molecule has 5 heteroatoms. The van der Waals surface area contributed by atoms with E-state index in [9.17, 15) is 4.79 Å². The summed E-state index contributed by atoms with van der Waals surface area (Å²) in [7, 11) is 5.21. The lowest BCUT2D eigenvalue weighted by molar-refractivity contribution is -0.140. The Hall–Kier alpha value is -5.65. The zero-order chi connectivity index (χ0) is 45.5. The third-order valence-corrected chi connectivity index (χ3v) is 24.9. The fourth-order valence-corrected chi connectivity index (χ4v) is 24.0. The molecule has 6 aromatic rings. The monoisotopic (exact) mass is 928 g/mol. The van der Waals surface area contributed by atoms with Crippen LogP contribution < -0.4 is 9.47 Å². The molecular weight excluding hydrogens is 877 g/mol. The summed E-state index contributed by atoms with van der Waals surface area (Å²) in [4.78, 5) is 14.9. The van der Waals surface area contributed by atoms with Crippen molar-refractivity contribution in [3.05, 3.63) is 155 Å². The first kappa shape index (κ1) is 37.2. The van der Waals surface area contributed by atoms with Gasteiger partial charge < -0.3 is 14.2 Å². The van der Waals surface area contributed by atoms with Gasteiger partial charge in [0, 0.05) is 38.9 Å². The molecule has 0 amide bonds. The van der Waals surface area contributed by atoms with E-state index in [1.807, 2.05) is 53.4 Å². The number of rotatable bonds is 9. The standard InChI is InChI=1S/C65H52O4S/c1-67-31-12-8-29(9-13-31)62(30-10-14-32(68-2)15-11-30)28-39-38-26-61(62)27-40-46-43(61)21-20-37-42-23-22-41-36-19-18-34-33-16-17-35(38)47-48(33)54-49(34)53(36)60-58-56(54)55(50(39)47)51(40)57(58)59(52(37)46)64(42)63(65(41,60)64,44-6-5-25-70-44)24-4-7-45(66)69-3/h5-6,8-16,25,28,34-35,37-38,42-43H,4,7,17-24,26-27H2,1-3H3. The molecule has 4 nitrogen and oxygen atoms in total. The predicted octanol–water partition coefficient (Wildman–Crippen LogP) is 14.2. The summed E-state index contributed by atoms with van der Waals surface area (Å²) in [5.74, 6) is 4.88. The third kappa shape index (κ3) is 3.10. The van der Waals surface area contributed by atoms with Crippen molar-refractivity contribution in [2.45, 2.75) is 122 Å². The third-order valence-electron chi connectivity index (χ3n) is 23.9. The molecule has 0 radical (unpaired) electrons. The Kier molecular flexibility index (Phi) is 5.86. The van der Waals surface area contributed by atoms with Crippen LogP contribution in [0.3, 0.4) is 0 Å². The minimum atomic E-state index is -0.378. The Morgan fingerprint density at radius 2 is 1.53 bits per heavy atom. The summed E-state index contributed by atoms with van der Waals surface area (Å²) >= 11 is 2.05. The second kappa shape index (κ2) is 11.0. The second-order valence-corrected chi connectivity index (χ2v) is 25.5.